The van der Waals surface area contributed by atoms with Crippen molar-refractivity contribution < 1.29 is 9.59 Å². The summed E-state index contributed by atoms with van der Waals surface area (Å²) in [6, 6.07) is 0. The van der Waals surface area contributed by atoms with Gasteiger partial charge in [0.15, 0.2) is 0 Å². The molecule has 178 valence electrons. The molecule has 0 aliphatic heterocycles. The zero-order valence-electron chi connectivity index (χ0n) is 20.4. The Morgan fingerprint density at radius 1 is 0.433 bits per heavy atom. The molecule has 2 N–H and O–H groups in total. The summed E-state index contributed by atoms with van der Waals surface area (Å²) in [5.74, 6) is 0.364. The molecule has 0 spiro atoms. The highest BCUT2D eigenvalue weighted by Gasteiger charge is 2.02. The van der Waals surface area contributed by atoms with Gasteiger partial charge in [0, 0.05) is 25.9 Å². The lowest BCUT2D eigenvalue weighted by Gasteiger charge is -2.06. The van der Waals surface area contributed by atoms with E-state index in [0.717, 1.165) is 45.2 Å². The molecule has 0 aliphatic rings. The van der Waals surface area contributed by atoms with Crippen molar-refractivity contribution >= 4 is 11.8 Å². The van der Waals surface area contributed by atoms with Crippen molar-refractivity contribution in [2.24, 2.45) is 0 Å². The van der Waals surface area contributed by atoms with Crippen LogP contribution in [-0.2, 0) is 9.59 Å². The zero-order valence-corrected chi connectivity index (χ0v) is 20.4. The highest BCUT2D eigenvalue weighted by molar-refractivity contribution is 5.76. The van der Waals surface area contributed by atoms with Crippen molar-refractivity contribution in [2.45, 2.75) is 142 Å². The highest BCUT2D eigenvalue weighted by Crippen LogP contribution is 2.12. The predicted octanol–water partition coefficient (Wildman–Crippen LogP) is 7.06. The smallest absolute Gasteiger partial charge is 0.219 e. The topological polar surface area (TPSA) is 58.2 Å². The maximum Gasteiger partial charge on any atom is 0.219 e. The lowest BCUT2D eigenvalue weighted by Crippen LogP contribution is -2.25. The van der Waals surface area contributed by atoms with E-state index in [1.807, 2.05) is 0 Å². The van der Waals surface area contributed by atoms with Crippen LogP contribution in [0.1, 0.15) is 142 Å². The number of carbonyl (C=O) groups is 2. The molecule has 0 heterocycles. The molecule has 2 amide bonds. The number of carbonyl (C=O) groups excluding carboxylic acids is 2. The Hall–Kier alpha value is -1.06. The quantitative estimate of drug-likeness (QED) is 0.172. The molecule has 0 rings (SSSR count). The van der Waals surface area contributed by atoms with Crippen molar-refractivity contribution in [2.75, 3.05) is 13.1 Å². The predicted molar refractivity (Wildman–Crippen MR) is 130 cm³/mol. The molecule has 0 saturated heterocycles. The maximum absolute atomic E-state index is 11.9. The summed E-state index contributed by atoms with van der Waals surface area (Å²) in [7, 11) is 0. The molecule has 0 saturated carbocycles. The van der Waals surface area contributed by atoms with E-state index >= 15 is 0 Å². The molecule has 0 aromatic heterocycles. The lowest BCUT2D eigenvalue weighted by molar-refractivity contribution is -0.122. The van der Waals surface area contributed by atoms with Gasteiger partial charge in [0.1, 0.15) is 0 Å². The fourth-order valence-corrected chi connectivity index (χ4v) is 3.72. The first-order chi connectivity index (χ1) is 14.7. The molecular formula is C26H52N2O2. The third kappa shape index (κ3) is 23.2. The van der Waals surface area contributed by atoms with E-state index in [9.17, 15) is 9.59 Å². The van der Waals surface area contributed by atoms with Crippen LogP contribution in [0.3, 0.4) is 0 Å². The number of rotatable bonds is 23. The van der Waals surface area contributed by atoms with E-state index in [2.05, 4.69) is 24.5 Å². The monoisotopic (exact) mass is 424 g/mol. The molecule has 0 fully saturated rings. The maximum atomic E-state index is 11.9. The number of amides is 2. The third-order valence-corrected chi connectivity index (χ3v) is 5.76. The van der Waals surface area contributed by atoms with E-state index < -0.39 is 0 Å². The number of unbranched alkanes of at least 4 members (excludes halogenated alkanes) is 15. The van der Waals surface area contributed by atoms with Crippen molar-refractivity contribution in [1.29, 1.82) is 0 Å². The molecule has 4 nitrogen and oxygen atoms in total. The van der Waals surface area contributed by atoms with Crippen LogP contribution in [0.4, 0.5) is 0 Å². The van der Waals surface area contributed by atoms with E-state index in [1.165, 1.54) is 83.5 Å². The SMILES string of the molecule is CCCCCCCCCCCCCC(=O)NCCCCCC(=O)NCCCCCC. The normalized spacial score (nSPS) is 10.9. The van der Waals surface area contributed by atoms with Crippen molar-refractivity contribution in [3.63, 3.8) is 0 Å². The van der Waals surface area contributed by atoms with Crippen LogP contribution in [0.15, 0.2) is 0 Å². The summed E-state index contributed by atoms with van der Waals surface area (Å²) in [5, 5.41) is 6.02. The van der Waals surface area contributed by atoms with Gasteiger partial charge >= 0.3 is 0 Å². The van der Waals surface area contributed by atoms with Gasteiger partial charge < -0.3 is 10.6 Å². The fraction of sp³-hybridized carbons (Fsp3) is 0.923. The molecule has 0 atom stereocenters. The Balaban J connectivity index is 3.26. The van der Waals surface area contributed by atoms with E-state index in [0.29, 0.717) is 12.8 Å². The van der Waals surface area contributed by atoms with Crippen molar-refractivity contribution in [3.05, 3.63) is 0 Å². The number of hydrogen-bond acceptors (Lipinski definition) is 2. The minimum atomic E-state index is 0.173. The van der Waals surface area contributed by atoms with Crippen LogP contribution in [0.2, 0.25) is 0 Å². The van der Waals surface area contributed by atoms with E-state index in [-0.39, 0.29) is 11.8 Å². The fourth-order valence-electron chi connectivity index (χ4n) is 3.72. The molecular weight excluding hydrogens is 372 g/mol. The van der Waals surface area contributed by atoms with E-state index in [1.54, 1.807) is 0 Å². The molecule has 0 aliphatic carbocycles. The zero-order chi connectivity index (χ0) is 22.1. The van der Waals surface area contributed by atoms with Crippen LogP contribution in [0.25, 0.3) is 0 Å². The first-order valence-electron chi connectivity index (χ1n) is 13.2. The Labute approximate surface area is 187 Å². The van der Waals surface area contributed by atoms with Gasteiger partial charge in [-0.05, 0) is 25.7 Å². The molecule has 0 aromatic carbocycles. The minimum absolute atomic E-state index is 0.173. The minimum Gasteiger partial charge on any atom is -0.356 e. The van der Waals surface area contributed by atoms with Gasteiger partial charge in [0.05, 0.1) is 0 Å². The summed E-state index contributed by atoms with van der Waals surface area (Å²) in [6.07, 6.45) is 23.4. The second-order valence-corrected chi connectivity index (χ2v) is 8.86. The van der Waals surface area contributed by atoms with Gasteiger partial charge in [0.2, 0.25) is 11.8 Å². The highest BCUT2D eigenvalue weighted by atomic mass is 16.2. The van der Waals surface area contributed by atoms with Crippen LogP contribution >= 0.6 is 0 Å². The van der Waals surface area contributed by atoms with Gasteiger partial charge in [0.25, 0.3) is 0 Å². The Morgan fingerprint density at radius 2 is 0.733 bits per heavy atom. The van der Waals surface area contributed by atoms with Gasteiger partial charge in [-0.25, -0.2) is 0 Å². The second kappa shape index (κ2) is 24.2. The van der Waals surface area contributed by atoms with Crippen molar-refractivity contribution in [1.82, 2.24) is 10.6 Å². The van der Waals surface area contributed by atoms with Crippen LogP contribution in [-0.4, -0.2) is 24.9 Å². The van der Waals surface area contributed by atoms with Crippen molar-refractivity contribution in [3.8, 4) is 0 Å². The van der Waals surface area contributed by atoms with Crippen LogP contribution < -0.4 is 10.6 Å². The number of nitrogens with one attached hydrogen (secondary N) is 2. The second-order valence-electron chi connectivity index (χ2n) is 8.86. The molecule has 4 heteroatoms. The summed E-state index contributed by atoms with van der Waals surface area (Å²) in [6.45, 7) is 6.02. The molecule has 0 aromatic rings. The van der Waals surface area contributed by atoms with Gasteiger partial charge in [-0.3, -0.25) is 9.59 Å². The average molecular weight is 425 g/mol. The average Bonchev–Trinajstić information content (AvgIpc) is 2.74. The summed E-state index contributed by atoms with van der Waals surface area (Å²) >= 11 is 0. The largest absolute Gasteiger partial charge is 0.356 e. The first kappa shape index (κ1) is 28.9. The molecule has 0 unspecified atom stereocenters. The van der Waals surface area contributed by atoms with Crippen LogP contribution in [0.5, 0.6) is 0 Å². The standard InChI is InChI=1S/C26H52N2O2/c1-3-5-7-9-10-11-12-13-14-15-17-21-25(29)28-24-20-16-18-22-26(30)27-23-19-8-6-4-2/h3-24H2,1-2H3,(H,27,30)(H,28,29). The van der Waals surface area contributed by atoms with Gasteiger partial charge in [-0.2, -0.15) is 0 Å². The van der Waals surface area contributed by atoms with Gasteiger partial charge in [-0.15, -0.1) is 0 Å². The number of hydrogen-bond donors (Lipinski definition) is 2. The Kier molecular flexibility index (Phi) is 23.4. The summed E-state index contributed by atoms with van der Waals surface area (Å²) in [5.41, 5.74) is 0. The third-order valence-electron chi connectivity index (χ3n) is 5.76. The van der Waals surface area contributed by atoms with E-state index in [4.69, 9.17) is 0 Å². The molecule has 30 heavy (non-hydrogen) atoms. The Morgan fingerprint density at radius 3 is 1.13 bits per heavy atom. The summed E-state index contributed by atoms with van der Waals surface area (Å²) < 4.78 is 0. The van der Waals surface area contributed by atoms with Gasteiger partial charge in [-0.1, -0.05) is 104 Å². The Bertz CT molecular complexity index is 385. The lowest BCUT2D eigenvalue weighted by atomic mass is 10.1. The molecule has 0 bridgehead atoms. The summed E-state index contributed by atoms with van der Waals surface area (Å²) in [4.78, 5) is 23.6. The molecule has 0 radical (unpaired) electrons. The van der Waals surface area contributed by atoms with Crippen LogP contribution in [0, 0.1) is 0 Å². The first-order valence-corrected chi connectivity index (χ1v) is 13.2.